The Kier molecular flexibility index (Phi) is 4.34. The molecule has 2 heterocycles. The lowest BCUT2D eigenvalue weighted by atomic mass is 10.1. The number of rotatable bonds is 3. The van der Waals surface area contributed by atoms with Crippen LogP contribution in [0.25, 0.3) is 0 Å². The van der Waals surface area contributed by atoms with Gasteiger partial charge in [-0.2, -0.15) is 0 Å². The molecule has 1 unspecified atom stereocenters. The van der Waals surface area contributed by atoms with Gasteiger partial charge in [-0.05, 0) is 18.7 Å². The number of piperazine rings is 1. The van der Waals surface area contributed by atoms with Crippen molar-refractivity contribution in [3.05, 3.63) is 29.0 Å². The summed E-state index contributed by atoms with van der Waals surface area (Å²) >= 11 is 6.13. The van der Waals surface area contributed by atoms with Crippen molar-refractivity contribution in [1.82, 2.24) is 14.8 Å². The van der Waals surface area contributed by atoms with Gasteiger partial charge < -0.3 is 10.6 Å². The van der Waals surface area contributed by atoms with Gasteiger partial charge in [0.15, 0.2) is 0 Å². The van der Waals surface area contributed by atoms with E-state index in [0.717, 1.165) is 36.8 Å². The minimum absolute atomic E-state index is 0.415. The third-order valence-electron chi connectivity index (χ3n) is 3.31. The van der Waals surface area contributed by atoms with Crippen LogP contribution in [-0.2, 0) is 6.54 Å². The Morgan fingerprint density at radius 1 is 1.53 bits per heavy atom. The maximum atomic E-state index is 6.13. The quantitative estimate of drug-likeness (QED) is 0.867. The second kappa shape index (κ2) is 5.78. The van der Waals surface area contributed by atoms with Gasteiger partial charge in [-0.15, -0.1) is 0 Å². The molecule has 1 saturated heterocycles. The summed E-state index contributed by atoms with van der Waals surface area (Å²) in [4.78, 5) is 8.73. The summed E-state index contributed by atoms with van der Waals surface area (Å²) in [6, 6.07) is 2.40. The predicted molar refractivity (Wildman–Crippen MR) is 70.0 cm³/mol. The molecule has 0 amide bonds. The van der Waals surface area contributed by atoms with Crippen LogP contribution >= 0.6 is 11.6 Å². The predicted octanol–water partition coefficient (Wildman–Crippen LogP) is 0.810. The molecule has 0 bridgehead atoms. The van der Waals surface area contributed by atoms with Crippen LogP contribution in [0, 0.1) is 0 Å². The summed E-state index contributed by atoms with van der Waals surface area (Å²) in [6.07, 6.45) is 3.49. The monoisotopic (exact) mass is 254 g/mol. The second-order valence-electron chi connectivity index (χ2n) is 4.59. The first-order valence-electron chi connectivity index (χ1n) is 5.91. The molecular weight excluding hydrogens is 236 g/mol. The molecule has 0 radical (unpaired) electrons. The Balaban J connectivity index is 2.05. The second-order valence-corrected chi connectivity index (χ2v) is 5.00. The Morgan fingerprint density at radius 3 is 3.06 bits per heavy atom. The Labute approximate surface area is 107 Å². The number of hydrogen-bond acceptors (Lipinski definition) is 4. The van der Waals surface area contributed by atoms with E-state index in [0.29, 0.717) is 12.6 Å². The zero-order valence-electron chi connectivity index (χ0n) is 10.1. The molecule has 0 aliphatic carbocycles. The van der Waals surface area contributed by atoms with E-state index in [1.54, 1.807) is 12.4 Å². The molecule has 1 fully saturated rings. The largest absolute Gasteiger partial charge is 0.329 e. The molecule has 2 N–H and O–H groups in total. The van der Waals surface area contributed by atoms with E-state index < -0.39 is 0 Å². The Morgan fingerprint density at radius 2 is 2.35 bits per heavy atom. The number of nitrogens with zero attached hydrogens (tertiary/aromatic N) is 3. The molecule has 1 aliphatic heterocycles. The lowest BCUT2D eigenvalue weighted by Gasteiger charge is -2.39. The summed E-state index contributed by atoms with van der Waals surface area (Å²) in [6.45, 7) is 4.69. The van der Waals surface area contributed by atoms with Gasteiger partial charge in [0.05, 0.1) is 5.02 Å². The highest BCUT2D eigenvalue weighted by molar-refractivity contribution is 6.31. The lowest BCUT2D eigenvalue weighted by molar-refractivity contribution is 0.0881. The molecule has 0 spiro atoms. The molecule has 1 aromatic heterocycles. The van der Waals surface area contributed by atoms with Crippen LogP contribution in [-0.4, -0.2) is 54.1 Å². The van der Waals surface area contributed by atoms with Gasteiger partial charge in [0.25, 0.3) is 0 Å². The average molecular weight is 255 g/mol. The van der Waals surface area contributed by atoms with Gasteiger partial charge in [-0.3, -0.25) is 9.88 Å². The fourth-order valence-electron chi connectivity index (χ4n) is 2.23. The molecule has 1 aliphatic rings. The first-order valence-corrected chi connectivity index (χ1v) is 6.29. The number of pyridine rings is 1. The van der Waals surface area contributed by atoms with Crippen molar-refractivity contribution in [2.75, 3.05) is 33.2 Å². The highest BCUT2D eigenvalue weighted by Gasteiger charge is 2.24. The van der Waals surface area contributed by atoms with Gasteiger partial charge in [0.1, 0.15) is 0 Å². The molecule has 0 aromatic carbocycles. The summed E-state index contributed by atoms with van der Waals surface area (Å²) < 4.78 is 0. The van der Waals surface area contributed by atoms with Crippen LogP contribution in [0.3, 0.4) is 0 Å². The zero-order chi connectivity index (χ0) is 12.3. The van der Waals surface area contributed by atoms with Crippen LogP contribution in [0.2, 0.25) is 5.02 Å². The standard InChI is InChI=1S/C12H19ClN4/c1-16-4-5-17(11(6-14)9-16)8-10-2-3-15-7-12(10)13/h2-3,7,11H,4-6,8-9,14H2,1H3. The van der Waals surface area contributed by atoms with Crippen LogP contribution in [0.15, 0.2) is 18.5 Å². The van der Waals surface area contributed by atoms with E-state index in [-0.39, 0.29) is 0 Å². The van der Waals surface area contributed by atoms with Gasteiger partial charge in [-0.1, -0.05) is 11.6 Å². The van der Waals surface area contributed by atoms with Gasteiger partial charge >= 0.3 is 0 Å². The molecule has 94 valence electrons. The van der Waals surface area contributed by atoms with Crippen LogP contribution in [0.1, 0.15) is 5.56 Å². The zero-order valence-corrected chi connectivity index (χ0v) is 10.9. The third kappa shape index (κ3) is 3.16. The molecule has 1 atom stereocenters. The Hall–Kier alpha value is -0.680. The van der Waals surface area contributed by atoms with Gasteiger partial charge in [-0.25, -0.2) is 0 Å². The highest BCUT2D eigenvalue weighted by atomic mass is 35.5. The van der Waals surface area contributed by atoms with Crippen molar-refractivity contribution in [3.63, 3.8) is 0 Å². The fourth-order valence-corrected chi connectivity index (χ4v) is 2.41. The number of nitrogens with two attached hydrogens (primary N) is 1. The molecule has 0 saturated carbocycles. The van der Waals surface area contributed by atoms with Gasteiger partial charge in [0.2, 0.25) is 0 Å². The number of likely N-dealkylation sites (N-methyl/N-ethyl adjacent to an activating group) is 1. The van der Waals surface area contributed by atoms with Crippen molar-refractivity contribution in [2.45, 2.75) is 12.6 Å². The van der Waals surface area contributed by atoms with E-state index in [2.05, 4.69) is 21.8 Å². The van der Waals surface area contributed by atoms with Crippen molar-refractivity contribution in [2.24, 2.45) is 5.73 Å². The molecular formula is C12H19ClN4. The minimum Gasteiger partial charge on any atom is -0.329 e. The topological polar surface area (TPSA) is 45.4 Å². The minimum atomic E-state index is 0.415. The SMILES string of the molecule is CN1CCN(Cc2ccncc2Cl)C(CN)C1. The number of hydrogen-bond donors (Lipinski definition) is 1. The average Bonchev–Trinajstić information content (AvgIpc) is 2.34. The summed E-state index contributed by atoms with van der Waals surface area (Å²) in [5, 5.41) is 0.738. The van der Waals surface area contributed by atoms with E-state index in [4.69, 9.17) is 17.3 Å². The number of aromatic nitrogens is 1. The van der Waals surface area contributed by atoms with E-state index in [1.165, 1.54) is 0 Å². The smallest absolute Gasteiger partial charge is 0.0634 e. The van der Waals surface area contributed by atoms with Crippen molar-refractivity contribution in [3.8, 4) is 0 Å². The maximum Gasteiger partial charge on any atom is 0.0634 e. The molecule has 5 heteroatoms. The number of halogens is 1. The third-order valence-corrected chi connectivity index (χ3v) is 3.65. The summed E-state index contributed by atoms with van der Waals surface area (Å²) in [7, 11) is 2.14. The van der Waals surface area contributed by atoms with Crippen molar-refractivity contribution < 1.29 is 0 Å². The first kappa shape index (κ1) is 12.8. The van der Waals surface area contributed by atoms with Crippen LogP contribution < -0.4 is 5.73 Å². The molecule has 17 heavy (non-hydrogen) atoms. The maximum absolute atomic E-state index is 6.13. The van der Waals surface area contributed by atoms with Crippen LogP contribution in [0.4, 0.5) is 0 Å². The van der Waals surface area contributed by atoms with E-state index in [9.17, 15) is 0 Å². The van der Waals surface area contributed by atoms with Crippen LogP contribution in [0.5, 0.6) is 0 Å². The Bertz CT molecular complexity index is 371. The van der Waals surface area contributed by atoms with Crippen molar-refractivity contribution in [1.29, 1.82) is 0 Å². The summed E-state index contributed by atoms with van der Waals surface area (Å²) in [5.74, 6) is 0. The molecule has 4 nitrogen and oxygen atoms in total. The highest BCUT2D eigenvalue weighted by Crippen LogP contribution is 2.18. The van der Waals surface area contributed by atoms with E-state index >= 15 is 0 Å². The van der Waals surface area contributed by atoms with Crippen molar-refractivity contribution >= 4 is 11.6 Å². The first-order chi connectivity index (χ1) is 8.20. The normalized spacial score (nSPS) is 22.9. The van der Waals surface area contributed by atoms with E-state index in [1.807, 2.05) is 6.07 Å². The fraction of sp³-hybridized carbons (Fsp3) is 0.583. The molecule has 1 aromatic rings. The molecule has 2 rings (SSSR count). The van der Waals surface area contributed by atoms with Gasteiger partial charge in [0, 0.05) is 51.2 Å². The summed E-state index contributed by atoms with van der Waals surface area (Å²) in [5.41, 5.74) is 6.96. The lowest BCUT2D eigenvalue weighted by Crippen LogP contribution is -2.54.